The Bertz CT molecular complexity index is 1020. The normalized spacial score (nSPS) is 12.4. The van der Waals surface area contributed by atoms with Crippen LogP contribution in [0.4, 0.5) is 0 Å². The smallest absolute Gasteiger partial charge is 0.177 e. The van der Waals surface area contributed by atoms with Crippen LogP contribution in [0.2, 0.25) is 0 Å². The van der Waals surface area contributed by atoms with Gasteiger partial charge >= 0.3 is 0 Å². The number of aromatic nitrogens is 5. The fourth-order valence-electron chi connectivity index (χ4n) is 2.99. The van der Waals surface area contributed by atoms with Crippen LogP contribution in [0.3, 0.4) is 0 Å². The van der Waals surface area contributed by atoms with Crippen LogP contribution in [-0.4, -0.2) is 32.3 Å². The molecule has 6 nitrogen and oxygen atoms in total. The topological polar surface area (TPSA) is 65.7 Å². The zero-order chi connectivity index (χ0) is 21.9. The molecule has 3 rings (SSSR count). The molecule has 0 radical (unpaired) electrons. The molecule has 0 aliphatic rings. The van der Waals surface area contributed by atoms with Crippen LogP contribution < -0.4 is 4.74 Å². The van der Waals surface area contributed by atoms with E-state index in [9.17, 15) is 0 Å². The molecule has 160 valence electrons. The number of thiazole rings is 1. The molecule has 1 aromatic carbocycles. The first-order valence-corrected chi connectivity index (χ1v) is 11.2. The van der Waals surface area contributed by atoms with E-state index in [0.29, 0.717) is 5.92 Å². The zero-order valence-corrected chi connectivity index (χ0v) is 19.7. The molecule has 0 fully saturated rings. The first-order valence-electron chi connectivity index (χ1n) is 10.3. The van der Waals surface area contributed by atoms with Gasteiger partial charge in [0.15, 0.2) is 5.82 Å². The highest BCUT2D eigenvalue weighted by molar-refractivity contribution is 7.09. The minimum absolute atomic E-state index is 0.0371. The van der Waals surface area contributed by atoms with Crippen molar-refractivity contribution in [3.05, 3.63) is 51.7 Å². The van der Waals surface area contributed by atoms with E-state index in [1.54, 1.807) is 23.2 Å². The summed E-state index contributed by atoms with van der Waals surface area (Å²) in [6, 6.07) is 5.90. The molecule has 0 bridgehead atoms. The summed E-state index contributed by atoms with van der Waals surface area (Å²) in [5.41, 5.74) is 2.95. The zero-order valence-electron chi connectivity index (χ0n) is 18.9. The lowest BCUT2D eigenvalue weighted by molar-refractivity contribution is 0.413. The van der Waals surface area contributed by atoms with Crippen LogP contribution in [-0.2, 0) is 5.41 Å². The van der Waals surface area contributed by atoms with Crippen molar-refractivity contribution in [1.29, 1.82) is 0 Å². The van der Waals surface area contributed by atoms with E-state index < -0.39 is 0 Å². The first-order chi connectivity index (χ1) is 14.2. The van der Waals surface area contributed by atoms with Gasteiger partial charge in [0.25, 0.3) is 0 Å². The Kier molecular flexibility index (Phi) is 6.71. The highest BCUT2D eigenvalue weighted by Crippen LogP contribution is 2.32. The van der Waals surface area contributed by atoms with Crippen molar-refractivity contribution in [2.45, 2.75) is 65.2 Å². The predicted octanol–water partition coefficient (Wildman–Crippen LogP) is 5.76. The minimum atomic E-state index is -0.0371. The van der Waals surface area contributed by atoms with Gasteiger partial charge in [0.05, 0.1) is 23.5 Å². The molecule has 0 saturated carbocycles. The van der Waals surface area contributed by atoms with E-state index in [1.165, 1.54) is 5.01 Å². The molecule has 0 saturated heterocycles. The van der Waals surface area contributed by atoms with E-state index in [4.69, 9.17) is 9.72 Å². The van der Waals surface area contributed by atoms with Crippen LogP contribution in [0.1, 0.15) is 81.9 Å². The van der Waals surface area contributed by atoms with Crippen molar-refractivity contribution in [3.8, 4) is 11.4 Å². The van der Waals surface area contributed by atoms with Gasteiger partial charge in [-0.05, 0) is 29.8 Å². The second-order valence-electron chi connectivity index (χ2n) is 8.73. The average molecular weight is 426 g/mol. The van der Waals surface area contributed by atoms with Gasteiger partial charge in [0.1, 0.15) is 5.75 Å². The van der Waals surface area contributed by atoms with Crippen LogP contribution in [0.25, 0.3) is 11.8 Å². The number of hydrogen-bond acceptors (Lipinski definition) is 6. The van der Waals surface area contributed by atoms with Crippen molar-refractivity contribution in [3.63, 3.8) is 0 Å². The number of rotatable bonds is 8. The maximum atomic E-state index is 5.55. The van der Waals surface area contributed by atoms with Gasteiger partial charge in [-0.1, -0.05) is 53.7 Å². The number of ether oxygens (including phenoxy) is 1. The molecule has 30 heavy (non-hydrogen) atoms. The standard InChI is InChI=1S/C23H31N5OS/c1-15(2)21-25-27-28(26-21)18-10-11-19(29-7)17(13-18)9-8-12-23(5,6)20-14-30-22(24-20)16(3)4/h8-11,13-16H,12H2,1-7H3/b9-8+. The van der Waals surface area contributed by atoms with Gasteiger partial charge in [-0.3, -0.25) is 0 Å². The molecule has 0 N–H and O–H groups in total. The second-order valence-corrected chi connectivity index (χ2v) is 9.62. The van der Waals surface area contributed by atoms with Crippen molar-refractivity contribution < 1.29 is 4.74 Å². The van der Waals surface area contributed by atoms with Crippen LogP contribution in [0, 0.1) is 0 Å². The Balaban J connectivity index is 1.80. The quantitative estimate of drug-likeness (QED) is 0.459. The molecule has 7 heteroatoms. The molecule has 3 aromatic rings. The van der Waals surface area contributed by atoms with Gasteiger partial charge in [0.2, 0.25) is 0 Å². The lowest BCUT2D eigenvalue weighted by Crippen LogP contribution is -2.16. The molecule has 2 aromatic heterocycles. The molecule has 0 spiro atoms. The molecule has 2 heterocycles. The third kappa shape index (κ3) is 4.95. The summed E-state index contributed by atoms with van der Waals surface area (Å²) < 4.78 is 5.55. The van der Waals surface area contributed by atoms with Crippen LogP contribution in [0.15, 0.2) is 29.7 Å². The highest BCUT2D eigenvalue weighted by Gasteiger charge is 2.23. The lowest BCUT2D eigenvalue weighted by Gasteiger charge is -2.20. The van der Waals surface area contributed by atoms with Crippen LogP contribution in [0.5, 0.6) is 5.75 Å². The van der Waals surface area contributed by atoms with Gasteiger partial charge < -0.3 is 4.74 Å². The summed E-state index contributed by atoms with van der Waals surface area (Å²) in [7, 11) is 1.68. The van der Waals surface area contributed by atoms with Gasteiger partial charge in [-0.25, -0.2) is 4.98 Å². The fraction of sp³-hybridized carbons (Fsp3) is 0.478. The number of benzene rings is 1. The van der Waals surface area contributed by atoms with E-state index in [0.717, 1.165) is 34.9 Å². The largest absolute Gasteiger partial charge is 0.496 e. The predicted molar refractivity (Wildman–Crippen MR) is 123 cm³/mol. The summed E-state index contributed by atoms with van der Waals surface area (Å²) in [6.07, 6.45) is 5.16. The third-order valence-electron chi connectivity index (χ3n) is 5.02. The Morgan fingerprint density at radius 1 is 1.17 bits per heavy atom. The van der Waals surface area contributed by atoms with E-state index in [1.807, 2.05) is 18.2 Å². The SMILES string of the molecule is COc1ccc(-n2nnc(C(C)C)n2)cc1/C=C/CC(C)(C)c1csc(C(C)C)n1. The molecule has 0 atom stereocenters. The monoisotopic (exact) mass is 425 g/mol. The summed E-state index contributed by atoms with van der Waals surface area (Å²) in [5, 5.41) is 16.2. The maximum Gasteiger partial charge on any atom is 0.177 e. The number of nitrogens with zero attached hydrogens (tertiary/aromatic N) is 5. The summed E-state index contributed by atoms with van der Waals surface area (Å²) >= 11 is 1.75. The van der Waals surface area contributed by atoms with E-state index in [-0.39, 0.29) is 11.3 Å². The van der Waals surface area contributed by atoms with Gasteiger partial charge in [-0.2, -0.15) is 0 Å². The lowest BCUT2D eigenvalue weighted by atomic mass is 9.86. The Morgan fingerprint density at radius 2 is 1.93 bits per heavy atom. The number of tetrazole rings is 1. The van der Waals surface area contributed by atoms with Crippen LogP contribution >= 0.6 is 11.3 Å². The number of allylic oxidation sites excluding steroid dienone is 1. The maximum absolute atomic E-state index is 5.55. The summed E-state index contributed by atoms with van der Waals surface area (Å²) in [4.78, 5) is 6.41. The summed E-state index contributed by atoms with van der Waals surface area (Å²) in [5.74, 6) is 2.24. The van der Waals surface area contributed by atoms with E-state index >= 15 is 0 Å². The van der Waals surface area contributed by atoms with Crippen molar-refractivity contribution in [1.82, 2.24) is 25.2 Å². The minimum Gasteiger partial charge on any atom is -0.496 e. The van der Waals surface area contributed by atoms with Gasteiger partial charge in [-0.15, -0.1) is 26.3 Å². The Morgan fingerprint density at radius 3 is 2.53 bits per heavy atom. The van der Waals surface area contributed by atoms with Crippen molar-refractivity contribution >= 4 is 17.4 Å². The molecular weight excluding hydrogens is 394 g/mol. The third-order valence-corrected chi connectivity index (χ3v) is 6.17. The first kappa shape index (κ1) is 22.2. The van der Waals surface area contributed by atoms with Crippen molar-refractivity contribution in [2.24, 2.45) is 0 Å². The molecule has 0 unspecified atom stereocenters. The summed E-state index contributed by atoms with van der Waals surface area (Å²) in [6.45, 7) is 12.9. The molecule has 0 amide bonds. The van der Waals surface area contributed by atoms with Crippen molar-refractivity contribution in [2.75, 3.05) is 7.11 Å². The molecule has 0 aliphatic carbocycles. The van der Waals surface area contributed by atoms with E-state index in [2.05, 4.69) is 74.5 Å². The number of hydrogen-bond donors (Lipinski definition) is 0. The van der Waals surface area contributed by atoms with Gasteiger partial charge in [0, 0.05) is 28.2 Å². The molecule has 0 aliphatic heterocycles. The second kappa shape index (κ2) is 9.08. The fourth-order valence-corrected chi connectivity index (χ4v) is 4.02. The molecular formula is C23H31N5OS. The average Bonchev–Trinajstić information content (AvgIpc) is 3.38. The number of methoxy groups -OCH3 is 1. The highest BCUT2D eigenvalue weighted by atomic mass is 32.1. The Labute approximate surface area is 183 Å². The Hall–Kier alpha value is -2.54.